The monoisotopic (exact) mass is 347 g/mol. The molecule has 0 bridgehead atoms. The minimum absolute atomic E-state index is 0.451. The molecule has 0 radical (unpaired) electrons. The standard InChI is InChI=1S/C16H11BrClNO/c17-16-13-4-2-1-3-12(13)6-7-14(16)20-15-8-5-11(9-18)10-19-15/h1-8,10H,9H2. The molecule has 0 saturated carbocycles. The number of ether oxygens (including phenoxy) is 1. The van der Waals surface area contributed by atoms with Crippen molar-refractivity contribution in [2.75, 3.05) is 0 Å². The SMILES string of the molecule is ClCc1ccc(Oc2ccc3ccccc3c2Br)nc1. The predicted molar refractivity (Wildman–Crippen MR) is 85.5 cm³/mol. The number of aromatic nitrogens is 1. The van der Waals surface area contributed by atoms with E-state index in [1.54, 1.807) is 6.20 Å². The van der Waals surface area contributed by atoms with Crippen molar-refractivity contribution in [2.24, 2.45) is 0 Å². The van der Waals surface area contributed by atoms with Gasteiger partial charge in [0.15, 0.2) is 0 Å². The Kier molecular flexibility index (Phi) is 3.90. The van der Waals surface area contributed by atoms with Gasteiger partial charge in [-0.2, -0.15) is 0 Å². The number of benzene rings is 2. The summed E-state index contributed by atoms with van der Waals surface area (Å²) < 4.78 is 6.75. The number of nitrogens with zero attached hydrogens (tertiary/aromatic N) is 1. The quantitative estimate of drug-likeness (QED) is 0.581. The van der Waals surface area contributed by atoms with Gasteiger partial charge in [-0.15, -0.1) is 11.6 Å². The lowest BCUT2D eigenvalue weighted by Crippen LogP contribution is -1.90. The molecule has 0 atom stereocenters. The largest absolute Gasteiger partial charge is 0.438 e. The fourth-order valence-corrected chi connectivity index (χ4v) is 2.69. The number of rotatable bonds is 3. The molecule has 0 unspecified atom stereocenters. The average Bonchev–Trinajstić information content (AvgIpc) is 2.51. The van der Waals surface area contributed by atoms with Crippen LogP contribution in [-0.2, 0) is 5.88 Å². The van der Waals surface area contributed by atoms with Crippen LogP contribution in [0.4, 0.5) is 0 Å². The third-order valence-corrected chi connectivity index (χ3v) is 4.12. The maximum atomic E-state index is 5.82. The van der Waals surface area contributed by atoms with Gasteiger partial charge < -0.3 is 4.74 Å². The molecule has 0 saturated heterocycles. The Balaban J connectivity index is 1.95. The van der Waals surface area contributed by atoms with Gasteiger partial charge in [-0.25, -0.2) is 4.98 Å². The summed E-state index contributed by atoms with van der Waals surface area (Å²) in [5, 5.41) is 2.28. The second kappa shape index (κ2) is 5.81. The minimum atomic E-state index is 0.451. The van der Waals surface area contributed by atoms with Gasteiger partial charge in [-0.3, -0.25) is 0 Å². The summed E-state index contributed by atoms with van der Waals surface area (Å²) in [6.07, 6.45) is 1.72. The Bertz CT molecular complexity index is 743. The molecule has 0 aliphatic rings. The second-order valence-corrected chi connectivity index (χ2v) is 5.40. The van der Waals surface area contributed by atoms with Crippen molar-refractivity contribution in [1.29, 1.82) is 0 Å². The molecule has 0 amide bonds. The summed E-state index contributed by atoms with van der Waals surface area (Å²) in [6.45, 7) is 0. The molecule has 0 aliphatic carbocycles. The number of fused-ring (bicyclic) bond motifs is 1. The Hall–Kier alpha value is -1.58. The number of hydrogen-bond donors (Lipinski definition) is 0. The molecular weight excluding hydrogens is 338 g/mol. The summed E-state index contributed by atoms with van der Waals surface area (Å²) in [6, 6.07) is 15.8. The fraction of sp³-hybridized carbons (Fsp3) is 0.0625. The van der Waals surface area contributed by atoms with Crippen molar-refractivity contribution in [3.05, 3.63) is 64.8 Å². The van der Waals surface area contributed by atoms with E-state index in [0.29, 0.717) is 11.8 Å². The van der Waals surface area contributed by atoms with Gasteiger partial charge in [0.25, 0.3) is 0 Å². The molecule has 3 aromatic rings. The van der Waals surface area contributed by atoms with E-state index >= 15 is 0 Å². The number of pyridine rings is 1. The normalized spacial score (nSPS) is 10.7. The Morgan fingerprint density at radius 3 is 2.65 bits per heavy atom. The van der Waals surface area contributed by atoms with E-state index in [2.05, 4.69) is 33.0 Å². The molecule has 3 rings (SSSR count). The number of halogens is 2. The predicted octanol–water partition coefficient (Wildman–Crippen LogP) is 5.53. The third-order valence-electron chi connectivity index (χ3n) is 2.99. The first-order valence-corrected chi connectivity index (χ1v) is 7.46. The van der Waals surface area contributed by atoms with Crippen LogP contribution in [0.3, 0.4) is 0 Å². The van der Waals surface area contributed by atoms with E-state index in [-0.39, 0.29) is 0 Å². The van der Waals surface area contributed by atoms with Crippen LogP contribution in [0, 0.1) is 0 Å². The molecule has 0 spiro atoms. The van der Waals surface area contributed by atoms with E-state index in [9.17, 15) is 0 Å². The zero-order valence-corrected chi connectivity index (χ0v) is 12.9. The third kappa shape index (κ3) is 2.65. The van der Waals surface area contributed by atoms with Crippen molar-refractivity contribution in [2.45, 2.75) is 5.88 Å². The Morgan fingerprint density at radius 1 is 1.05 bits per heavy atom. The highest BCUT2D eigenvalue weighted by molar-refractivity contribution is 9.10. The molecule has 0 fully saturated rings. The second-order valence-electron chi connectivity index (χ2n) is 4.34. The van der Waals surface area contributed by atoms with Gasteiger partial charge in [-0.1, -0.05) is 36.4 Å². The van der Waals surface area contributed by atoms with Crippen LogP contribution in [0.2, 0.25) is 0 Å². The topological polar surface area (TPSA) is 22.1 Å². The first-order valence-electron chi connectivity index (χ1n) is 6.14. The summed E-state index contributed by atoms with van der Waals surface area (Å²) in [5.74, 6) is 1.75. The van der Waals surface area contributed by atoms with Crippen LogP contribution >= 0.6 is 27.5 Å². The molecule has 4 heteroatoms. The van der Waals surface area contributed by atoms with Crippen molar-refractivity contribution in [1.82, 2.24) is 4.98 Å². The first kappa shape index (κ1) is 13.4. The molecule has 0 aliphatic heterocycles. The summed E-state index contributed by atoms with van der Waals surface area (Å²) in [5.41, 5.74) is 0.969. The van der Waals surface area contributed by atoms with Crippen LogP contribution in [-0.4, -0.2) is 4.98 Å². The summed E-state index contributed by atoms with van der Waals surface area (Å²) in [7, 11) is 0. The first-order chi connectivity index (χ1) is 9.78. The lowest BCUT2D eigenvalue weighted by atomic mass is 10.1. The molecule has 0 N–H and O–H groups in total. The van der Waals surface area contributed by atoms with E-state index in [4.69, 9.17) is 16.3 Å². The van der Waals surface area contributed by atoms with Gasteiger partial charge in [0.2, 0.25) is 5.88 Å². The highest BCUT2D eigenvalue weighted by Crippen LogP contribution is 2.35. The Labute approximate surface area is 130 Å². The van der Waals surface area contributed by atoms with Crippen LogP contribution in [0.25, 0.3) is 10.8 Å². The van der Waals surface area contributed by atoms with Crippen LogP contribution in [0.5, 0.6) is 11.6 Å². The molecular formula is C16H11BrClNO. The highest BCUT2D eigenvalue weighted by atomic mass is 79.9. The van der Waals surface area contributed by atoms with Crippen LogP contribution < -0.4 is 4.74 Å². The van der Waals surface area contributed by atoms with Crippen molar-refractivity contribution in [3.63, 3.8) is 0 Å². The highest BCUT2D eigenvalue weighted by Gasteiger charge is 2.07. The van der Waals surface area contributed by atoms with E-state index in [1.165, 1.54) is 0 Å². The zero-order valence-electron chi connectivity index (χ0n) is 10.5. The average molecular weight is 349 g/mol. The van der Waals surface area contributed by atoms with E-state index in [1.807, 2.05) is 36.4 Å². The van der Waals surface area contributed by atoms with Crippen molar-refractivity contribution < 1.29 is 4.74 Å². The van der Waals surface area contributed by atoms with Crippen molar-refractivity contribution in [3.8, 4) is 11.6 Å². The molecule has 1 heterocycles. The minimum Gasteiger partial charge on any atom is -0.438 e. The maximum absolute atomic E-state index is 5.82. The number of hydrogen-bond acceptors (Lipinski definition) is 2. The number of alkyl halides is 1. The van der Waals surface area contributed by atoms with Crippen LogP contribution in [0.1, 0.15) is 5.56 Å². The van der Waals surface area contributed by atoms with Gasteiger partial charge in [0.05, 0.1) is 4.47 Å². The van der Waals surface area contributed by atoms with E-state index < -0.39 is 0 Å². The molecule has 100 valence electrons. The van der Waals surface area contributed by atoms with Crippen molar-refractivity contribution >= 4 is 38.3 Å². The fourth-order valence-electron chi connectivity index (χ4n) is 1.96. The smallest absolute Gasteiger partial charge is 0.219 e. The Morgan fingerprint density at radius 2 is 1.90 bits per heavy atom. The molecule has 1 aromatic heterocycles. The van der Waals surface area contributed by atoms with Gasteiger partial charge in [0.1, 0.15) is 5.75 Å². The zero-order chi connectivity index (χ0) is 13.9. The lowest BCUT2D eigenvalue weighted by molar-refractivity contribution is 0.460. The van der Waals surface area contributed by atoms with E-state index in [0.717, 1.165) is 26.6 Å². The van der Waals surface area contributed by atoms with Gasteiger partial charge in [-0.05, 0) is 38.3 Å². The molecule has 20 heavy (non-hydrogen) atoms. The van der Waals surface area contributed by atoms with Gasteiger partial charge in [0, 0.05) is 18.1 Å². The van der Waals surface area contributed by atoms with Crippen LogP contribution in [0.15, 0.2) is 59.2 Å². The lowest BCUT2D eigenvalue weighted by Gasteiger charge is -2.09. The maximum Gasteiger partial charge on any atom is 0.219 e. The molecule has 2 nitrogen and oxygen atoms in total. The summed E-state index contributed by atoms with van der Waals surface area (Å²) in [4.78, 5) is 4.24. The molecule has 2 aromatic carbocycles. The summed E-state index contributed by atoms with van der Waals surface area (Å²) >= 11 is 9.34. The van der Waals surface area contributed by atoms with Gasteiger partial charge >= 0.3 is 0 Å².